The van der Waals surface area contributed by atoms with Gasteiger partial charge in [-0.15, -0.1) is 12.4 Å². The van der Waals surface area contributed by atoms with Crippen LogP contribution in [0.1, 0.15) is 17.0 Å². The Hall–Kier alpha value is -2.09. The second kappa shape index (κ2) is 10.3. The fourth-order valence-corrected chi connectivity index (χ4v) is 3.24. The number of carbonyl (C=O) groups is 1. The fourth-order valence-electron chi connectivity index (χ4n) is 3.24. The van der Waals surface area contributed by atoms with Gasteiger partial charge in [0.2, 0.25) is 5.91 Å². The molecule has 7 nitrogen and oxygen atoms in total. The Morgan fingerprint density at radius 1 is 1.37 bits per heavy atom. The molecule has 0 spiro atoms. The predicted molar refractivity (Wildman–Crippen MR) is 105 cm³/mol. The molecule has 0 aliphatic carbocycles. The summed E-state index contributed by atoms with van der Waals surface area (Å²) in [6, 6.07) is 7.76. The topological polar surface area (TPSA) is 77.4 Å². The van der Waals surface area contributed by atoms with E-state index >= 15 is 0 Å². The number of nitrogens with one attached hydrogen (secondary N) is 2. The minimum Gasteiger partial charge on any atom is -0.491 e. The van der Waals surface area contributed by atoms with Crippen LogP contribution >= 0.6 is 12.4 Å². The van der Waals surface area contributed by atoms with Gasteiger partial charge in [-0.1, -0.05) is 12.1 Å². The maximum Gasteiger partial charge on any atom is 0.225 e. The molecule has 1 saturated heterocycles. The van der Waals surface area contributed by atoms with Gasteiger partial charge in [-0.25, -0.2) is 0 Å². The van der Waals surface area contributed by atoms with E-state index in [0.717, 1.165) is 23.4 Å². The van der Waals surface area contributed by atoms with E-state index in [1.807, 2.05) is 43.7 Å². The third-order valence-corrected chi connectivity index (χ3v) is 4.63. The molecule has 1 aromatic carbocycles. The van der Waals surface area contributed by atoms with Crippen molar-refractivity contribution < 1.29 is 14.3 Å². The van der Waals surface area contributed by atoms with Crippen molar-refractivity contribution in [3.63, 3.8) is 0 Å². The number of rotatable bonds is 8. The van der Waals surface area contributed by atoms with Gasteiger partial charge in [-0.05, 0) is 23.3 Å². The first-order chi connectivity index (χ1) is 12.7. The highest BCUT2D eigenvalue weighted by Gasteiger charge is 2.34. The van der Waals surface area contributed by atoms with E-state index in [1.54, 1.807) is 11.8 Å². The van der Waals surface area contributed by atoms with Crippen LogP contribution in [0, 0.1) is 5.92 Å². The molecule has 27 heavy (non-hydrogen) atoms. The highest BCUT2D eigenvalue weighted by Crippen LogP contribution is 2.28. The lowest BCUT2D eigenvalue weighted by atomic mass is 9.90. The van der Waals surface area contributed by atoms with E-state index in [4.69, 9.17) is 9.47 Å². The van der Waals surface area contributed by atoms with Crippen molar-refractivity contribution in [2.45, 2.75) is 12.5 Å². The van der Waals surface area contributed by atoms with Crippen LogP contribution in [0.15, 0.2) is 36.7 Å². The Labute approximate surface area is 165 Å². The number of carbonyl (C=O) groups excluding carboxylic acids is 1. The SMILES string of the molecule is COCCOc1cccc(CNC(=O)[C@H]2CNC[C@@H]2c2cnn(C)c2)c1.Cl. The van der Waals surface area contributed by atoms with Gasteiger partial charge in [0.05, 0.1) is 18.7 Å². The second-order valence-electron chi connectivity index (χ2n) is 6.53. The Bertz CT molecular complexity index is 737. The molecular formula is C19H27ClN4O3. The Balaban J connectivity index is 0.00000261. The van der Waals surface area contributed by atoms with Crippen molar-refractivity contribution >= 4 is 18.3 Å². The lowest BCUT2D eigenvalue weighted by Gasteiger charge is -2.17. The van der Waals surface area contributed by atoms with E-state index in [2.05, 4.69) is 15.7 Å². The number of ether oxygens (including phenoxy) is 2. The zero-order chi connectivity index (χ0) is 18.4. The molecule has 8 heteroatoms. The number of methoxy groups -OCH3 is 1. The van der Waals surface area contributed by atoms with Gasteiger partial charge in [0, 0.05) is 45.9 Å². The first kappa shape index (κ1) is 21.2. The number of hydrogen-bond acceptors (Lipinski definition) is 5. The first-order valence-electron chi connectivity index (χ1n) is 8.85. The van der Waals surface area contributed by atoms with Gasteiger partial charge in [0.25, 0.3) is 0 Å². The predicted octanol–water partition coefficient (Wildman–Crippen LogP) is 1.49. The maximum atomic E-state index is 12.7. The monoisotopic (exact) mass is 394 g/mol. The molecule has 2 heterocycles. The molecule has 0 bridgehead atoms. The van der Waals surface area contributed by atoms with Gasteiger partial charge in [-0.2, -0.15) is 5.10 Å². The molecule has 1 aliphatic rings. The minimum atomic E-state index is -0.0830. The van der Waals surface area contributed by atoms with E-state index in [9.17, 15) is 4.79 Å². The van der Waals surface area contributed by atoms with E-state index in [1.165, 1.54) is 0 Å². The Kier molecular flexibility index (Phi) is 8.09. The largest absolute Gasteiger partial charge is 0.491 e. The quantitative estimate of drug-likeness (QED) is 0.663. The molecule has 2 N–H and O–H groups in total. The lowest BCUT2D eigenvalue weighted by Crippen LogP contribution is -2.33. The number of aryl methyl sites for hydroxylation is 1. The summed E-state index contributed by atoms with van der Waals surface area (Å²) in [7, 11) is 3.54. The summed E-state index contributed by atoms with van der Waals surface area (Å²) in [5, 5.41) is 10.6. The third-order valence-electron chi connectivity index (χ3n) is 4.63. The zero-order valence-corrected chi connectivity index (χ0v) is 16.5. The molecule has 0 unspecified atom stereocenters. The van der Waals surface area contributed by atoms with Crippen LogP contribution in [-0.4, -0.2) is 49.1 Å². The van der Waals surface area contributed by atoms with Crippen LogP contribution in [0.3, 0.4) is 0 Å². The van der Waals surface area contributed by atoms with Gasteiger partial charge in [0.1, 0.15) is 12.4 Å². The molecule has 1 amide bonds. The average Bonchev–Trinajstić information content (AvgIpc) is 3.29. The van der Waals surface area contributed by atoms with Gasteiger partial charge < -0.3 is 20.1 Å². The summed E-state index contributed by atoms with van der Waals surface area (Å²) in [6.07, 6.45) is 3.83. The number of benzene rings is 1. The lowest BCUT2D eigenvalue weighted by molar-refractivity contribution is -0.125. The summed E-state index contributed by atoms with van der Waals surface area (Å²) in [5.74, 6) is 0.923. The summed E-state index contributed by atoms with van der Waals surface area (Å²) in [4.78, 5) is 12.7. The van der Waals surface area contributed by atoms with E-state index < -0.39 is 0 Å². The number of halogens is 1. The number of hydrogen-bond donors (Lipinski definition) is 2. The summed E-state index contributed by atoms with van der Waals surface area (Å²) >= 11 is 0. The highest BCUT2D eigenvalue weighted by atomic mass is 35.5. The molecule has 1 aromatic heterocycles. The van der Waals surface area contributed by atoms with Crippen LogP contribution in [0.5, 0.6) is 5.75 Å². The van der Waals surface area contributed by atoms with Crippen molar-refractivity contribution in [2.24, 2.45) is 13.0 Å². The molecule has 148 valence electrons. The Morgan fingerprint density at radius 3 is 2.96 bits per heavy atom. The third kappa shape index (κ3) is 5.69. The molecule has 1 aliphatic heterocycles. The van der Waals surface area contributed by atoms with Crippen molar-refractivity contribution in [1.82, 2.24) is 20.4 Å². The fraction of sp³-hybridized carbons (Fsp3) is 0.474. The van der Waals surface area contributed by atoms with Crippen molar-refractivity contribution in [3.8, 4) is 5.75 Å². The maximum absolute atomic E-state index is 12.7. The average molecular weight is 395 g/mol. The minimum absolute atomic E-state index is 0. The van der Waals surface area contributed by atoms with Gasteiger partial charge >= 0.3 is 0 Å². The van der Waals surface area contributed by atoms with Crippen LogP contribution in [0.4, 0.5) is 0 Å². The van der Waals surface area contributed by atoms with Gasteiger partial charge in [0.15, 0.2) is 0 Å². The normalized spacial score (nSPS) is 18.7. The van der Waals surface area contributed by atoms with Crippen LogP contribution in [0.2, 0.25) is 0 Å². The molecule has 0 saturated carbocycles. The van der Waals surface area contributed by atoms with Crippen molar-refractivity contribution in [2.75, 3.05) is 33.4 Å². The zero-order valence-electron chi connectivity index (χ0n) is 15.7. The molecule has 1 fully saturated rings. The standard InChI is InChI=1S/C19H26N4O3.ClH/c1-23-13-15(10-22-23)17-11-20-12-18(17)19(24)21-9-14-4-3-5-16(8-14)26-7-6-25-2;/h3-5,8,10,13,17-18,20H,6-7,9,11-12H2,1-2H3,(H,21,24);1H/t17-,18+;/m1./s1. The molecule has 2 atom stereocenters. The van der Waals surface area contributed by atoms with Gasteiger partial charge in [-0.3, -0.25) is 9.48 Å². The molecule has 0 radical (unpaired) electrons. The van der Waals surface area contributed by atoms with Crippen molar-refractivity contribution in [3.05, 3.63) is 47.8 Å². The molecule has 3 rings (SSSR count). The van der Waals surface area contributed by atoms with E-state index in [-0.39, 0.29) is 30.2 Å². The summed E-state index contributed by atoms with van der Waals surface area (Å²) in [5.41, 5.74) is 2.11. The van der Waals surface area contributed by atoms with Crippen LogP contribution < -0.4 is 15.4 Å². The van der Waals surface area contributed by atoms with E-state index in [0.29, 0.717) is 26.3 Å². The number of aromatic nitrogens is 2. The second-order valence-corrected chi connectivity index (χ2v) is 6.53. The Morgan fingerprint density at radius 2 is 2.22 bits per heavy atom. The number of amides is 1. The van der Waals surface area contributed by atoms with Crippen LogP contribution in [-0.2, 0) is 23.1 Å². The van der Waals surface area contributed by atoms with Crippen molar-refractivity contribution in [1.29, 1.82) is 0 Å². The summed E-state index contributed by atoms with van der Waals surface area (Å²) < 4.78 is 12.4. The van der Waals surface area contributed by atoms with Crippen LogP contribution in [0.25, 0.3) is 0 Å². The first-order valence-corrected chi connectivity index (χ1v) is 8.85. The molecular weight excluding hydrogens is 368 g/mol. The summed E-state index contributed by atoms with van der Waals surface area (Å²) in [6.45, 7) is 3.02. The highest BCUT2D eigenvalue weighted by molar-refractivity contribution is 5.85. The number of nitrogens with zero attached hydrogens (tertiary/aromatic N) is 2. The molecule has 2 aromatic rings. The smallest absolute Gasteiger partial charge is 0.225 e.